The van der Waals surface area contributed by atoms with Crippen molar-refractivity contribution in [2.75, 3.05) is 50.0 Å². The van der Waals surface area contributed by atoms with E-state index < -0.39 is 0 Å². The van der Waals surface area contributed by atoms with Crippen LogP contribution in [0, 0.1) is 0 Å². The van der Waals surface area contributed by atoms with E-state index in [-0.39, 0.29) is 5.91 Å². The number of H-pyrrole nitrogens is 1. The summed E-state index contributed by atoms with van der Waals surface area (Å²) in [6, 6.07) is 9.98. The van der Waals surface area contributed by atoms with E-state index >= 15 is 0 Å². The lowest BCUT2D eigenvalue weighted by Crippen LogP contribution is -2.49. The van der Waals surface area contributed by atoms with Gasteiger partial charge in [-0.2, -0.15) is 0 Å². The van der Waals surface area contributed by atoms with Crippen molar-refractivity contribution < 1.29 is 19.3 Å². The molecule has 0 saturated carbocycles. The summed E-state index contributed by atoms with van der Waals surface area (Å²) in [5, 5.41) is 0. The molecule has 7 heteroatoms. The Hall–Kier alpha value is -2.41. The largest absolute Gasteiger partial charge is 0.486 e. The highest BCUT2D eigenvalue weighted by molar-refractivity contribution is 8.00. The van der Waals surface area contributed by atoms with Crippen molar-refractivity contribution in [3.05, 3.63) is 42.7 Å². The SMILES string of the molecule is O=C(CSc1ccc2c(c1)OCCO2)N1CCN(c2cc[nH+]cc2)CC1. The number of hydrogen-bond acceptors (Lipinski definition) is 5. The predicted molar refractivity (Wildman–Crippen MR) is 99.9 cm³/mol. The third kappa shape index (κ3) is 3.88. The van der Waals surface area contributed by atoms with Gasteiger partial charge in [0.1, 0.15) is 13.2 Å². The second-order valence-electron chi connectivity index (χ2n) is 6.22. The number of benzene rings is 1. The zero-order valence-corrected chi connectivity index (χ0v) is 15.3. The fourth-order valence-corrected chi connectivity index (χ4v) is 3.98. The van der Waals surface area contributed by atoms with Crippen molar-refractivity contribution in [2.24, 2.45) is 0 Å². The van der Waals surface area contributed by atoms with Crippen LogP contribution in [-0.4, -0.2) is 56.0 Å². The zero-order valence-electron chi connectivity index (χ0n) is 14.5. The summed E-state index contributed by atoms with van der Waals surface area (Å²) in [7, 11) is 0. The molecule has 1 amide bonds. The second-order valence-corrected chi connectivity index (χ2v) is 7.27. The first-order chi connectivity index (χ1) is 12.8. The third-order valence-electron chi connectivity index (χ3n) is 4.57. The highest BCUT2D eigenvalue weighted by atomic mass is 32.2. The van der Waals surface area contributed by atoms with Gasteiger partial charge in [-0.15, -0.1) is 11.8 Å². The Bertz CT molecular complexity index is 764. The molecule has 3 heterocycles. The fraction of sp³-hybridized carbons (Fsp3) is 0.368. The minimum Gasteiger partial charge on any atom is -0.486 e. The van der Waals surface area contributed by atoms with Crippen molar-refractivity contribution in [3.63, 3.8) is 0 Å². The van der Waals surface area contributed by atoms with E-state index in [2.05, 4.69) is 22.0 Å². The van der Waals surface area contributed by atoms with Crippen LogP contribution in [0.2, 0.25) is 0 Å². The van der Waals surface area contributed by atoms with Crippen molar-refractivity contribution >= 4 is 23.4 Å². The van der Waals surface area contributed by atoms with Gasteiger partial charge in [-0.3, -0.25) is 4.79 Å². The van der Waals surface area contributed by atoms with Crippen LogP contribution in [0.3, 0.4) is 0 Å². The molecule has 1 aromatic carbocycles. The lowest BCUT2D eigenvalue weighted by atomic mass is 10.2. The third-order valence-corrected chi connectivity index (χ3v) is 5.55. The van der Waals surface area contributed by atoms with Gasteiger partial charge < -0.3 is 19.3 Å². The summed E-state index contributed by atoms with van der Waals surface area (Å²) < 4.78 is 11.1. The van der Waals surface area contributed by atoms with E-state index in [4.69, 9.17) is 9.47 Å². The second kappa shape index (κ2) is 7.86. The summed E-state index contributed by atoms with van der Waals surface area (Å²) >= 11 is 1.55. The van der Waals surface area contributed by atoms with Crippen LogP contribution in [0.1, 0.15) is 0 Å². The number of carbonyl (C=O) groups excluding carboxylic acids is 1. The maximum absolute atomic E-state index is 12.5. The maximum atomic E-state index is 12.5. The predicted octanol–water partition coefficient (Wildman–Crippen LogP) is 1.71. The minimum atomic E-state index is 0.186. The molecule has 0 radical (unpaired) electrons. The molecule has 0 bridgehead atoms. The van der Waals surface area contributed by atoms with Gasteiger partial charge in [-0.1, -0.05) is 0 Å². The maximum Gasteiger partial charge on any atom is 0.233 e. The van der Waals surface area contributed by atoms with Crippen LogP contribution >= 0.6 is 11.8 Å². The molecule has 1 N–H and O–H groups in total. The number of fused-ring (bicyclic) bond motifs is 1. The molecule has 4 rings (SSSR count). The Balaban J connectivity index is 1.28. The van der Waals surface area contributed by atoms with E-state index in [0.717, 1.165) is 42.6 Å². The van der Waals surface area contributed by atoms with E-state index in [0.29, 0.717) is 19.0 Å². The van der Waals surface area contributed by atoms with E-state index in [1.165, 1.54) is 5.69 Å². The molecule has 0 aliphatic carbocycles. The molecule has 2 aliphatic heterocycles. The number of aromatic nitrogens is 1. The van der Waals surface area contributed by atoms with Crippen molar-refractivity contribution in [1.82, 2.24) is 4.90 Å². The van der Waals surface area contributed by atoms with Crippen LogP contribution in [0.25, 0.3) is 0 Å². The Morgan fingerprint density at radius 1 is 1.00 bits per heavy atom. The number of nitrogens with zero attached hydrogens (tertiary/aromatic N) is 2. The molecule has 0 spiro atoms. The van der Waals surface area contributed by atoms with E-state index in [1.807, 2.05) is 35.5 Å². The van der Waals surface area contributed by atoms with E-state index in [1.54, 1.807) is 11.8 Å². The van der Waals surface area contributed by atoms with Gasteiger partial charge in [0.15, 0.2) is 23.9 Å². The van der Waals surface area contributed by atoms with Crippen LogP contribution in [0.15, 0.2) is 47.6 Å². The van der Waals surface area contributed by atoms with Crippen LogP contribution in [0.5, 0.6) is 11.5 Å². The van der Waals surface area contributed by atoms with Gasteiger partial charge in [0.2, 0.25) is 5.91 Å². The number of aromatic amines is 1. The highest BCUT2D eigenvalue weighted by Gasteiger charge is 2.22. The topological polar surface area (TPSA) is 56.2 Å². The Morgan fingerprint density at radius 2 is 1.73 bits per heavy atom. The number of carbonyl (C=O) groups is 1. The highest BCUT2D eigenvalue weighted by Crippen LogP contribution is 2.34. The normalized spacial score (nSPS) is 16.5. The van der Waals surface area contributed by atoms with Crippen LogP contribution in [-0.2, 0) is 4.79 Å². The van der Waals surface area contributed by atoms with Gasteiger partial charge in [0.25, 0.3) is 0 Å². The summed E-state index contributed by atoms with van der Waals surface area (Å²) in [5.41, 5.74) is 1.20. The quantitative estimate of drug-likeness (QED) is 0.765. The first-order valence-corrected chi connectivity index (χ1v) is 9.79. The molecule has 1 fully saturated rings. The Labute approximate surface area is 157 Å². The standard InChI is InChI=1S/C19H21N3O3S/c23-19(14-26-16-1-2-17-18(13-16)25-12-11-24-17)22-9-7-21(8-10-22)15-3-5-20-6-4-15/h1-6,13H,7-12,14H2/p+1. The fourth-order valence-electron chi connectivity index (χ4n) is 3.15. The van der Waals surface area contributed by atoms with Gasteiger partial charge in [-0.05, 0) is 18.2 Å². The summed E-state index contributed by atoms with van der Waals surface area (Å²) in [6.07, 6.45) is 3.85. The smallest absolute Gasteiger partial charge is 0.233 e. The lowest BCUT2D eigenvalue weighted by molar-refractivity contribution is -0.377. The number of pyridine rings is 1. The number of rotatable bonds is 4. The summed E-state index contributed by atoms with van der Waals surface area (Å²) in [4.78, 5) is 20.9. The molecule has 1 aromatic heterocycles. The van der Waals surface area contributed by atoms with Gasteiger partial charge in [-0.25, -0.2) is 4.98 Å². The molecule has 136 valence electrons. The molecular weight excluding hydrogens is 350 g/mol. The van der Waals surface area contributed by atoms with Crippen molar-refractivity contribution in [3.8, 4) is 11.5 Å². The Morgan fingerprint density at radius 3 is 2.50 bits per heavy atom. The molecule has 1 saturated heterocycles. The number of ether oxygens (including phenoxy) is 2. The molecule has 2 aliphatic rings. The lowest BCUT2D eigenvalue weighted by Gasteiger charge is -2.35. The molecule has 26 heavy (non-hydrogen) atoms. The Kier molecular flexibility index (Phi) is 5.15. The number of thioether (sulfide) groups is 1. The number of hydrogen-bond donors (Lipinski definition) is 0. The first kappa shape index (κ1) is 17.0. The average Bonchev–Trinajstić information content (AvgIpc) is 2.72. The number of nitrogens with one attached hydrogen (secondary N) is 1. The molecule has 2 aromatic rings. The first-order valence-electron chi connectivity index (χ1n) is 8.81. The molecule has 6 nitrogen and oxygen atoms in total. The minimum absolute atomic E-state index is 0.186. The van der Waals surface area contributed by atoms with Crippen LogP contribution in [0.4, 0.5) is 5.69 Å². The number of anilines is 1. The summed E-state index contributed by atoms with van der Waals surface area (Å²) in [5.74, 6) is 2.18. The number of amides is 1. The monoisotopic (exact) mass is 372 g/mol. The van der Waals surface area contributed by atoms with Gasteiger partial charge in [0, 0.05) is 48.9 Å². The summed E-state index contributed by atoms with van der Waals surface area (Å²) in [6.45, 7) is 4.42. The van der Waals surface area contributed by atoms with Crippen molar-refractivity contribution in [1.29, 1.82) is 0 Å². The molecule has 0 unspecified atom stereocenters. The van der Waals surface area contributed by atoms with Gasteiger partial charge in [0.05, 0.1) is 5.75 Å². The van der Waals surface area contributed by atoms with Crippen molar-refractivity contribution in [2.45, 2.75) is 4.90 Å². The molecule has 0 atom stereocenters. The average molecular weight is 372 g/mol. The van der Waals surface area contributed by atoms with E-state index in [9.17, 15) is 4.79 Å². The zero-order chi connectivity index (χ0) is 17.8. The number of piperazine rings is 1. The molecular formula is C19H22N3O3S+. The van der Waals surface area contributed by atoms with Crippen LogP contribution < -0.4 is 19.4 Å². The van der Waals surface area contributed by atoms with Gasteiger partial charge >= 0.3 is 0 Å².